The van der Waals surface area contributed by atoms with Crippen molar-refractivity contribution in [1.29, 1.82) is 0 Å². The highest BCUT2D eigenvalue weighted by Crippen LogP contribution is 2.32. The highest BCUT2D eigenvalue weighted by Gasteiger charge is 2.14. The van der Waals surface area contributed by atoms with Crippen molar-refractivity contribution in [3.8, 4) is 11.3 Å². The third-order valence-corrected chi connectivity index (χ3v) is 3.41. The Balaban J connectivity index is 2.50. The second-order valence-corrected chi connectivity index (χ2v) is 4.70. The Morgan fingerprint density at radius 2 is 2.12 bits per heavy atom. The van der Waals surface area contributed by atoms with Crippen LogP contribution < -0.4 is 5.32 Å². The molecule has 0 aliphatic heterocycles. The Kier molecular flexibility index (Phi) is 3.64. The van der Waals surface area contributed by atoms with E-state index in [9.17, 15) is 4.39 Å². The van der Waals surface area contributed by atoms with Gasteiger partial charge in [-0.2, -0.15) is 0 Å². The molecule has 1 aromatic carbocycles. The highest BCUT2D eigenvalue weighted by atomic mass is 79.9. The van der Waals surface area contributed by atoms with Gasteiger partial charge in [0.15, 0.2) is 5.76 Å². The summed E-state index contributed by atoms with van der Waals surface area (Å²) in [6.07, 6.45) is 1.53. The highest BCUT2D eigenvalue weighted by molar-refractivity contribution is 9.10. The van der Waals surface area contributed by atoms with Gasteiger partial charge in [-0.1, -0.05) is 6.07 Å². The van der Waals surface area contributed by atoms with Crippen molar-refractivity contribution in [2.75, 3.05) is 7.05 Å². The van der Waals surface area contributed by atoms with E-state index in [1.54, 1.807) is 18.2 Å². The maximum atomic E-state index is 13.8. The molecular weight excluding hydrogens is 285 g/mol. The Morgan fingerprint density at radius 3 is 2.71 bits per heavy atom. The Labute approximate surface area is 108 Å². The molecule has 4 heteroatoms. The summed E-state index contributed by atoms with van der Waals surface area (Å²) in [6.45, 7) is 2.02. The Morgan fingerprint density at radius 1 is 1.35 bits per heavy atom. The molecule has 0 fully saturated rings. The first kappa shape index (κ1) is 12.3. The Bertz CT molecular complexity index is 524. The van der Waals surface area contributed by atoms with Crippen LogP contribution in [0.5, 0.6) is 0 Å². The molecule has 1 unspecified atom stereocenters. The second kappa shape index (κ2) is 5.02. The van der Waals surface area contributed by atoms with Crippen LogP contribution in [0.25, 0.3) is 11.3 Å². The quantitative estimate of drug-likeness (QED) is 0.921. The summed E-state index contributed by atoms with van der Waals surface area (Å²) in [5, 5.41) is 3.12. The van der Waals surface area contributed by atoms with Gasteiger partial charge in [0.1, 0.15) is 5.82 Å². The molecular formula is C13H13BrFNO. The zero-order valence-corrected chi connectivity index (χ0v) is 11.2. The molecule has 1 heterocycles. The molecule has 2 nitrogen and oxygen atoms in total. The van der Waals surface area contributed by atoms with E-state index in [1.807, 2.05) is 14.0 Å². The van der Waals surface area contributed by atoms with E-state index >= 15 is 0 Å². The molecule has 1 N–H and O–H groups in total. The fraction of sp³-hybridized carbons (Fsp3) is 0.231. The van der Waals surface area contributed by atoms with Crippen LogP contribution in [0, 0.1) is 5.82 Å². The van der Waals surface area contributed by atoms with Gasteiger partial charge < -0.3 is 9.73 Å². The van der Waals surface area contributed by atoms with E-state index in [1.165, 1.54) is 12.3 Å². The molecule has 90 valence electrons. The largest absolute Gasteiger partial charge is 0.463 e. The maximum Gasteiger partial charge on any atom is 0.150 e. The molecule has 0 radical (unpaired) electrons. The maximum absolute atomic E-state index is 13.8. The zero-order chi connectivity index (χ0) is 12.4. The Hall–Kier alpha value is -1.13. The van der Waals surface area contributed by atoms with Crippen molar-refractivity contribution in [3.05, 3.63) is 46.4 Å². The standard InChI is InChI=1S/C13H13BrFNO/c1-8(16-2)9-3-4-12(15)10(7-9)13-11(14)5-6-17-13/h3-8,16H,1-2H3. The molecule has 1 atom stereocenters. The number of nitrogens with one attached hydrogen (secondary N) is 1. The predicted octanol–water partition coefficient (Wildman–Crippen LogP) is 4.13. The third kappa shape index (κ3) is 2.42. The minimum Gasteiger partial charge on any atom is -0.463 e. The summed E-state index contributed by atoms with van der Waals surface area (Å²) in [4.78, 5) is 0. The molecule has 0 saturated carbocycles. The van der Waals surface area contributed by atoms with Crippen LogP contribution in [-0.4, -0.2) is 7.05 Å². The average molecular weight is 298 g/mol. The minimum atomic E-state index is -0.285. The molecule has 2 rings (SSSR count). The molecule has 0 aliphatic rings. The van der Waals surface area contributed by atoms with E-state index in [4.69, 9.17) is 4.42 Å². The van der Waals surface area contributed by atoms with Crippen LogP contribution in [0.15, 0.2) is 39.4 Å². The lowest BCUT2D eigenvalue weighted by Crippen LogP contribution is -2.12. The molecule has 0 bridgehead atoms. The van der Waals surface area contributed by atoms with E-state index in [0.717, 1.165) is 10.0 Å². The van der Waals surface area contributed by atoms with Crippen molar-refractivity contribution in [1.82, 2.24) is 5.32 Å². The summed E-state index contributed by atoms with van der Waals surface area (Å²) in [7, 11) is 1.87. The van der Waals surface area contributed by atoms with Crippen LogP contribution in [0.3, 0.4) is 0 Å². The van der Waals surface area contributed by atoms with E-state index in [-0.39, 0.29) is 11.9 Å². The SMILES string of the molecule is CNC(C)c1ccc(F)c(-c2occc2Br)c1. The van der Waals surface area contributed by atoms with Gasteiger partial charge in [-0.3, -0.25) is 0 Å². The smallest absolute Gasteiger partial charge is 0.150 e. The van der Waals surface area contributed by atoms with Crippen molar-refractivity contribution in [2.24, 2.45) is 0 Å². The first-order chi connectivity index (χ1) is 8.13. The molecule has 2 aromatic rings. The van der Waals surface area contributed by atoms with E-state index in [0.29, 0.717) is 11.3 Å². The second-order valence-electron chi connectivity index (χ2n) is 3.85. The van der Waals surface area contributed by atoms with Crippen LogP contribution in [0.4, 0.5) is 4.39 Å². The number of hydrogen-bond acceptors (Lipinski definition) is 2. The molecule has 0 spiro atoms. The molecule has 0 amide bonds. The fourth-order valence-electron chi connectivity index (χ4n) is 1.64. The van der Waals surface area contributed by atoms with Crippen LogP contribution in [-0.2, 0) is 0 Å². The molecule has 0 aliphatic carbocycles. The van der Waals surface area contributed by atoms with E-state index < -0.39 is 0 Å². The summed E-state index contributed by atoms with van der Waals surface area (Å²) in [6, 6.07) is 6.97. The average Bonchev–Trinajstić information content (AvgIpc) is 2.75. The first-order valence-corrected chi connectivity index (χ1v) is 6.13. The van der Waals surface area contributed by atoms with Gasteiger partial charge in [0.25, 0.3) is 0 Å². The summed E-state index contributed by atoms with van der Waals surface area (Å²) in [5.41, 5.74) is 1.49. The van der Waals surface area contributed by atoms with E-state index in [2.05, 4.69) is 21.2 Å². The first-order valence-electron chi connectivity index (χ1n) is 5.33. The lowest BCUT2D eigenvalue weighted by Gasteiger charge is -2.12. The third-order valence-electron chi connectivity index (χ3n) is 2.79. The lowest BCUT2D eigenvalue weighted by atomic mass is 10.0. The molecule has 17 heavy (non-hydrogen) atoms. The summed E-state index contributed by atoms with van der Waals surface area (Å²) < 4.78 is 19.8. The summed E-state index contributed by atoms with van der Waals surface area (Å²) in [5.74, 6) is 0.236. The van der Waals surface area contributed by atoms with Crippen molar-refractivity contribution >= 4 is 15.9 Å². The monoisotopic (exact) mass is 297 g/mol. The predicted molar refractivity (Wildman–Crippen MR) is 69.3 cm³/mol. The van der Waals surface area contributed by atoms with Crippen LogP contribution in [0.2, 0.25) is 0 Å². The number of rotatable bonds is 3. The number of halogens is 2. The topological polar surface area (TPSA) is 25.2 Å². The van der Waals surface area contributed by atoms with Gasteiger partial charge in [-0.15, -0.1) is 0 Å². The minimum absolute atomic E-state index is 0.170. The van der Waals surface area contributed by atoms with Gasteiger partial charge in [-0.05, 0) is 53.7 Å². The number of furan rings is 1. The normalized spacial score (nSPS) is 12.7. The lowest BCUT2D eigenvalue weighted by molar-refractivity contribution is 0.567. The van der Waals surface area contributed by atoms with Gasteiger partial charge in [-0.25, -0.2) is 4.39 Å². The molecule has 0 saturated heterocycles. The van der Waals surface area contributed by atoms with Crippen molar-refractivity contribution < 1.29 is 8.81 Å². The van der Waals surface area contributed by atoms with Gasteiger partial charge in [0.05, 0.1) is 16.3 Å². The summed E-state index contributed by atoms with van der Waals surface area (Å²) >= 11 is 3.34. The van der Waals surface area contributed by atoms with Crippen molar-refractivity contribution in [3.63, 3.8) is 0 Å². The van der Waals surface area contributed by atoms with Gasteiger partial charge in [0, 0.05) is 6.04 Å². The van der Waals surface area contributed by atoms with Crippen LogP contribution in [0.1, 0.15) is 18.5 Å². The fourth-order valence-corrected chi connectivity index (χ4v) is 2.05. The molecule has 1 aromatic heterocycles. The van der Waals surface area contributed by atoms with Gasteiger partial charge >= 0.3 is 0 Å². The van der Waals surface area contributed by atoms with Crippen molar-refractivity contribution in [2.45, 2.75) is 13.0 Å². The number of benzene rings is 1. The zero-order valence-electron chi connectivity index (χ0n) is 9.63. The van der Waals surface area contributed by atoms with Crippen LogP contribution >= 0.6 is 15.9 Å². The van der Waals surface area contributed by atoms with Gasteiger partial charge in [0.2, 0.25) is 0 Å². The number of hydrogen-bond donors (Lipinski definition) is 1.